The topological polar surface area (TPSA) is 61.2 Å². The molecule has 2 heterocycles. The Morgan fingerprint density at radius 3 is 2.67 bits per heavy atom. The summed E-state index contributed by atoms with van der Waals surface area (Å²) in [6.45, 7) is 7.29. The summed E-state index contributed by atoms with van der Waals surface area (Å²) >= 11 is 1.53. The molecular weight excluding hydrogens is 324 g/mol. The quantitative estimate of drug-likeness (QED) is 0.347. The van der Waals surface area contributed by atoms with E-state index in [1.807, 2.05) is 37.6 Å². The summed E-state index contributed by atoms with van der Waals surface area (Å²) in [6, 6.07) is 1.80. The van der Waals surface area contributed by atoms with Gasteiger partial charge in [-0.3, -0.25) is 9.36 Å². The number of rotatable bonds is 6. The molecule has 0 bridgehead atoms. The molecule has 5 nitrogen and oxygen atoms in total. The van der Waals surface area contributed by atoms with E-state index in [1.54, 1.807) is 24.3 Å². The number of Topliss-reactive ketones (excluding diaryl/α,β-unsaturated/α-hetero) is 1. The van der Waals surface area contributed by atoms with Crippen LogP contribution in [0.1, 0.15) is 34.4 Å². The molecule has 0 aromatic carbocycles. The second-order valence-corrected chi connectivity index (χ2v) is 6.14. The van der Waals surface area contributed by atoms with Gasteiger partial charge in [0.05, 0.1) is 5.69 Å². The molecule has 0 aliphatic heterocycles. The van der Waals surface area contributed by atoms with Gasteiger partial charge in [-0.15, -0.1) is 11.3 Å². The number of ether oxygens (including phenoxy) is 1. The SMILES string of the molecule is C/C=C/C=C/C(=O)OCC(=O)c1cc(C)n(-c2nc(C)cs2)c1C. The van der Waals surface area contributed by atoms with Crippen molar-refractivity contribution in [3.05, 3.63) is 58.4 Å². The molecule has 2 rings (SSSR count). The third-order valence-electron chi connectivity index (χ3n) is 3.41. The van der Waals surface area contributed by atoms with Crippen LogP contribution in [0.3, 0.4) is 0 Å². The number of hydrogen-bond acceptors (Lipinski definition) is 5. The van der Waals surface area contributed by atoms with Crippen molar-refractivity contribution < 1.29 is 14.3 Å². The number of thiazole rings is 1. The van der Waals surface area contributed by atoms with E-state index in [2.05, 4.69) is 4.98 Å². The predicted molar refractivity (Wildman–Crippen MR) is 94.9 cm³/mol. The third-order valence-corrected chi connectivity index (χ3v) is 4.35. The standard InChI is InChI=1S/C18H20N2O3S/c1-5-6-7-8-17(22)23-10-16(21)15-9-13(3)20(14(15)4)18-19-12(2)11-24-18/h5-9,11H,10H2,1-4H3/b6-5+,8-7+. The molecule has 2 aromatic rings. The minimum absolute atomic E-state index is 0.226. The summed E-state index contributed by atoms with van der Waals surface area (Å²) in [4.78, 5) is 28.3. The Hall–Kier alpha value is -2.47. The van der Waals surface area contributed by atoms with Crippen molar-refractivity contribution in [3.63, 3.8) is 0 Å². The maximum absolute atomic E-state index is 12.4. The second-order valence-electron chi connectivity index (χ2n) is 5.31. The van der Waals surface area contributed by atoms with Gasteiger partial charge >= 0.3 is 5.97 Å². The second kappa shape index (κ2) is 7.88. The molecule has 0 saturated heterocycles. The van der Waals surface area contributed by atoms with Gasteiger partial charge in [-0.1, -0.05) is 18.2 Å². The number of hydrogen-bond donors (Lipinski definition) is 0. The highest BCUT2D eigenvalue weighted by molar-refractivity contribution is 7.12. The van der Waals surface area contributed by atoms with Crippen molar-refractivity contribution in [3.8, 4) is 5.13 Å². The van der Waals surface area contributed by atoms with Crippen LogP contribution in [-0.4, -0.2) is 27.9 Å². The molecule has 0 aliphatic rings. The molecule has 0 radical (unpaired) electrons. The Bertz CT molecular complexity index is 812. The van der Waals surface area contributed by atoms with Crippen molar-refractivity contribution in [2.24, 2.45) is 0 Å². The smallest absolute Gasteiger partial charge is 0.331 e. The number of aryl methyl sites for hydroxylation is 2. The average Bonchev–Trinajstić information content (AvgIpc) is 3.08. The highest BCUT2D eigenvalue weighted by atomic mass is 32.1. The third kappa shape index (κ3) is 4.08. The molecule has 24 heavy (non-hydrogen) atoms. The lowest BCUT2D eigenvalue weighted by Crippen LogP contribution is -2.13. The molecule has 0 saturated carbocycles. The van der Waals surface area contributed by atoms with Crippen LogP contribution in [0.4, 0.5) is 0 Å². The monoisotopic (exact) mass is 344 g/mol. The van der Waals surface area contributed by atoms with E-state index in [4.69, 9.17) is 4.74 Å². The maximum atomic E-state index is 12.4. The zero-order valence-electron chi connectivity index (χ0n) is 14.2. The molecule has 2 aromatic heterocycles. The van der Waals surface area contributed by atoms with Crippen LogP contribution in [0, 0.1) is 20.8 Å². The molecule has 6 heteroatoms. The number of esters is 1. The van der Waals surface area contributed by atoms with Gasteiger partial charge in [0.15, 0.2) is 11.7 Å². The Kier molecular flexibility index (Phi) is 5.87. The highest BCUT2D eigenvalue weighted by Crippen LogP contribution is 2.23. The van der Waals surface area contributed by atoms with E-state index in [1.165, 1.54) is 17.4 Å². The molecule has 0 aliphatic carbocycles. The molecule has 0 N–H and O–H groups in total. The Balaban J connectivity index is 2.12. The van der Waals surface area contributed by atoms with Gasteiger partial charge in [0.1, 0.15) is 0 Å². The Labute approximate surface area is 145 Å². The molecule has 0 fully saturated rings. The molecule has 0 spiro atoms. The van der Waals surface area contributed by atoms with Gasteiger partial charge in [0.2, 0.25) is 5.78 Å². The van der Waals surface area contributed by atoms with Crippen molar-refractivity contribution >= 4 is 23.1 Å². The Morgan fingerprint density at radius 1 is 1.29 bits per heavy atom. The number of allylic oxidation sites excluding steroid dienone is 3. The van der Waals surface area contributed by atoms with E-state index >= 15 is 0 Å². The first-order valence-electron chi connectivity index (χ1n) is 7.54. The average molecular weight is 344 g/mol. The Morgan fingerprint density at radius 2 is 2.04 bits per heavy atom. The van der Waals surface area contributed by atoms with E-state index in [9.17, 15) is 9.59 Å². The first-order valence-corrected chi connectivity index (χ1v) is 8.42. The van der Waals surface area contributed by atoms with Gasteiger partial charge < -0.3 is 4.74 Å². The van der Waals surface area contributed by atoms with Gasteiger partial charge in [0, 0.05) is 28.4 Å². The van der Waals surface area contributed by atoms with Crippen LogP contribution in [0.15, 0.2) is 35.8 Å². The lowest BCUT2D eigenvalue weighted by Gasteiger charge is -2.05. The van der Waals surface area contributed by atoms with E-state index in [0.717, 1.165) is 22.2 Å². The highest BCUT2D eigenvalue weighted by Gasteiger charge is 2.18. The zero-order chi connectivity index (χ0) is 17.7. The number of carbonyl (C=O) groups is 2. The summed E-state index contributed by atoms with van der Waals surface area (Å²) in [6.07, 6.45) is 6.37. The summed E-state index contributed by atoms with van der Waals surface area (Å²) < 4.78 is 6.93. The van der Waals surface area contributed by atoms with Crippen LogP contribution in [0.25, 0.3) is 5.13 Å². The lowest BCUT2D eigenvalue weighted by molar-refractivity contribution is -0.136. The molecule has 0 unspecified atom stereocenters. The van der Waals surface area contributed by atoms with Crippen LogP contribution in [0.2, 0.25) is 0 Å². The fourth-order valence-electron chi connectivity index (χ4n) is 2.29. The van der Waals surface area contributed by atoms with Crippen LogP contribution in [0.5, 0.6) is 0 Å². The van der Waals surface area contributed by atoms with Gasteiger partial charge in [0.25, 0.3) is 0 Å². The zero-order valence-corrected chi connectivity index (χ0v) is 15.0. The summed E-state index contributed by atoms with van der Waals surface area (Å²) in [5.41, 5.74) is 3.21. The van der Waals surface area contributed by atoms with Crippen LogP contribution >= 0.6 is 11.3 Å². The molecule has 0 atom stereocenters. The summed E-state index contributed by atoms with van der Waals surface area (Å²) in [5, 5.41) is 2.79. The molecular formula is C18H20N2O3S. The van der Waals surface area contributed by atoms with Crippen LogP contribution in [-0.2, 0) is 9.53 Å². The summed E-state index contributed by atoms with van der Waals surface area (Å²) in [5.74, 6) is -0.763. The minimum Gasteiger partial charge on any atom is -0.454 e. The first-order chi connectivity index (χ1) is 11.4. The summed E-state index contributed by atoms with van der Waals surface area (Å²) in [7, 11) is 0. The van der Waals surface area contributed by atoms with Gasteiger partial charge in [-0.05, 0) is 33.8 Å². The predicted octanol–water partition coefficient (Wildman–Crippen LogP) is 3.72. The first kappa shape index (κ1) is 17.9. The van der Waals surface area contributed by atoms with Crippen molar-refractivity contribution in [1.29, 1.82) is 0 Å². The normalized spacial score (nSPS) is 11.5. The van der Waals surface area contributed by atoms with E-state index in [0.29, 0.717) is 5.56 Å². The largest absolute Gasteiger partial charge is 0.454 e. The minimum atomic E-state index is -0.536. The van der Waals surface area contributed by atoms with Gasteiger partial charge in [-0.25, -0.2) is 9.78 Å². The molecule has 126 valence electrons. The van der Waals surface area contributed by atoms with Crippen molar-refractivity contribution in [2.45, 2.75) is 27.7 Å². The molecule has 0 amide bonds. The van der Waals surface area contributed by atoms with Crippen LogP contribution < -0.4 is 0 Å². The van der Waals surface area contributed by atoms with Crippen molar-refractivity contribution in [2.75, 3.05) is 6.61 Å². The maximum Gasteiger partial charge on any atom is 0.331 e. The number of nitrogens with zero attached hydrogens (tertiary/aromatic N) is 2. The number of aromatic nitrogens is 2. The number of ketones is 1. The number of carbonyl (C=O) groups excluding carboxylic acids is 2. The fourth-order valence-corrected chi connectivity index (χ4v) is 3.20. The van der Waals surface area contributed by atoms with E-state index in [-0.39, 0.29) is 12.4 Å². The van der Waals surface area contributed by atoms with E-state index < -0.39 is 5.97 Å². The lowest BCUT2D eigenvalue weighted by atomic mass is 10.1. The fraction of sp³-hybridized carbons (Fsp3) is 0.278. The van der Waals surface area contributed by atoms with Crippen molar-refractivity contribution in [1.82, 2.24) is 9.55 Å². The van der Waals surface area contributed by atoms with Gasteiger partial charge in [-0.2, -0.15) is 0 Å².